The van der Waals surface area contributed by atoms with Crippen molar-refractivity contribution in [3.8, 4) is 11.6 Å². The Bertz CT molecular complexity index is 816. The van der Waals surface area contributed by atoms with Crippen molar-refractivity contribution in [2.24, 2.45) is 5.73 Å². The van der Waals surface area contributed by atoms with E-state index in [0.717, 1.165) is 5.56 Å². The molecule has 3 aromatic rings. The van der Waals surface area contributed by atoms with Gasteiger partial charge in [-0.3, -0.25) is 4.79 Å². The minimum atomic E-state index is -0.828. The van der Waals surface area contributed by atoms with E-state index in [-0.39, 0.29) is 23.5 Å². The Kier molecular flexibility index (Phi) is 3.44. The molecule has 0 saturated carbocycles. The fourth-order valence-corrected chi connectivity index (χ4v) is 1.81. The topological polar surface area (TPSA) is 147 Å². The summed E-state index contributed by atoms with van der Waals surface area (Å²) in [6.45, 7) is 0. The largest absolute Gasteiger partial charge is 0.368 e. The first-order valence-electron chi connectivity index (χ1n) is 6.30. The smallest absolute Gasteiger partial charge is 0.316 e. The molecule has 0 saturated heterocycles. The minimum Gasteiger partial charge on any atom is -0.368 e. The highest BCUT2D eigenvalue weighted by Crippen LogP contribution is 2.13. The number of hydrogen-bond acceptors (Lipinski definition) is 8. The fourth-order valence-electron chi connectivity index (χ4n) is 1.81. The monoisotopic (exact) mass is 297 g/mol. The summed E-state index contributed by atoms with van der Waals surface area (Å²) in [7, 11) is 0. The van der Waals surface area contributed by atoms with E-state index >= 15 is 0 Å². The lowest BCUT2D eigenvalue weighted by Gasteiger charge is -2.02. The maximum absolute atomic E-state index is 11.0. The molecule has 2 aromatic heterocycles. The van der Waals surface area contributed by atoms with Gasteiger partial charge in [0.1, 0.15) is 5.82 Å². The summed E-state index contributed by atoms with van der Waals surface area (Å²) < 4.78 is 4.70. The van der Waals surface area contributed by atoms with Gasteiger partial charge in [-0.25, -0.2) is 4.98 Å². The van der Waals surface area contributed by atoms with Crippen molar-refractivity contribution in [1.29, 1.82) is 0 Å². The van der Waals surface area contributed by atoms with Gasteiger partial charge in [-0.15, -0.1) is 0 Å². The normalized spacial score (nSPS) is 10.5. The molecule has 0 aliphatic rings. The number of amides is 1. The molecule has 22 heavy (non-hydrogen) atoms. The van der Waals surface area contributed by atoms with Gasteiger partial charge in [-0.1, -0.05) is 35.5 Å². The predicted octanol–water partition coefficient (Wildman–Crippen LogP) is 0.193. The molecule has 0 spiro atoms. The lowest BCUT2D eigenvalue weighted by Crippen LogP contribution is -2.11. The van der Waals surface area contributed by atoms with Gasteiger partial charge < -0.3 is 16.0 Å². The molecule has 0 aliphatic carbocycles. The zero-order chi connectivity index (χ0) is 15.5. The molecule has 110 valence electrons. The number of benzene rings is 1. The van der Waals surface area contributed by atoms with Crippen LogP contribution in [-0.2, 0) is 6.42 Å². The van der Waals surface area contributed by atoms with Crippen molar-refractivity contribution in [2.75, 3.05) is 5.73 Å². The maximum atomic E-state index is 11.0. The molecule has 0 aliphatic heterocycles. The van der Waals surface area contributed by atoms with Gasteiger partial charge in [-0.05, 0) is 5.56 Å². The number of rotatable bonds is 4. The Labute approximate surface area is 124 Å². The van der Waals surface area contributed by atoms with E-state index in [0.29, 0.717) is 12.2 Å². The summed E-state index contributed by atoms with van der Waals surface area (Å²) in [6.07, 6.45) is 0.473. The van der Waals surface area contributed by atoms with Crippen molar-refractivity contribution in [3.05, 3.63) is 47.6 Å². The Balaban J connectivity index is 1.93. The summed E-state index contributed by atoms with van der Waals surface area (Å²) >= 11 is 0. The second-order valence-corrected chi connectivity index (χ2v) is 4.38. The first-order valence-corrected chi connectivity index (χ1v) is 6.30. The second-order valence-electron chi connectivity index (χ2n) is 4.38. The molecule has 4 N–H and O–H groups in total. The summed E-state index contributed by atoms with van der Waals surface area (Å²) in [5, 5.41) is 3.60. The molecular weight excluding hydrogens is 286 g/mol. The molecule has 2 heterocycles. The summed E-state index contributed by atoms with van der Waals surface area (Å²) in [5.74, 6) is -0.517. The van der Waals surface area contributed by atoms with E-state index in [2.05, 4.69) is 25.1 Å². The van der Waals surface area contributed by atoms with Crippen LogP contribution >= 0.6 is 0 Å². The highest BCUT2D eigenvalue weighted by Gasteiger charge is 2.16. The molecule has 1 amide bonds. The Hall–Kier alpha value is -3.36. The Morgan fingerprint density at radius 2 is 1.82 bits per heavy atom. The van der Waals surface area contributed by atoms with Crippen LogP contribution in [0.4, 0.5) is 5.95 Å². The lowest BCUT2D eigenvalue weighted by atomic mass is 10.1. The van der Waals surface area contributed by atoms with Crippen molar-refractivity contribution in [1.82, 2.24) is 25.1 Å². The number of carbonyl (C=O) groups is 1. The lowest BCUT2D eigenvalue weighted by molar-refractivity contribution is 0.0958. The molecule has 0 bridgehead atoms. The third kappa shape index (κ3) is 2.87. The summed E-state index contributed by atoms with van der Waals surface area (Å²) in [5.41, 5.74) is 11.7. The fraction of sp³-hybridized carbons (Fsp3) is 0.0769. The van der Waals surface area contributed by atoms with Crippen LogP contribution in [0.5, 0.6) is 0 Å². The number of nitrogens with two attached hydrogens (primary N) is 2. The van der Waals surface area contributed by atoms with Gasteiger partial charge in [-0.2, -0.15) is 15.0 Å². The van der Waals surface area contributed by atoms with Crippen LogP contribution in [-0.4, -0.2) is 31.0 Å². The number of hydrogen-bond donors (Lipinski definition) is 2. The predicted molar refractivity (Wildman–Crippen MR) is 75.3 cm³/mol. The first kappa shape index (κ1) is 13.6. The summed E-state index contributed by atoms with van der Waals surface area (Å²) in [6, 6.07) is 9.64. The molecule has 0 radical (unpaired) electrons. The highest BCUT2D eigenvalue weighted by atomic mass is 16.5. The molecule has 9 nitrogen and oxygen atoms in total. The Morgan fingerprint density at radius 3 is 2.50 bits per heavy atom. The van der Waals surface area contributed by atoms with Crippen LogP contribution in [0.3, 0.4) is 0 Å². The quantitative estimate of drug-likeness (QED) is 0.693. The minimum absolute atomic E-state index is 0.0252. The van der Waals surface area contributed by atoms with Crippen molar-refractivity contribution in [3.63, 3.8) is 0 Å². The molecule has 0 unspecified atom stereocenters. The Morgan fingerprint density at radius 1 is 1.05 bits per heavy atom. The number of nitrogens with zero attached hydrogens (tertiary/aromatic N) is 5. The SMILES string of the molecule is NC(=O)c1nc(-c2nc(N)nc(Cc3ccccc3)n2)no1. The van der Waals surface area contributed by atoms with Crippen LogP contribution in [0.1, 0.15) is 22.1 Å². The van der Waals surface area contributed by atoms with Gasteiger partial charge in [0.15, 0.2) is 0 Å². The average Bonchev–Trinajstić information content (AvgIpc) is 2.98. The van der Waals surface area contributed by atoms with Crippen LogP contribution in [0.15, 0.2) is 34.9 Å². The molecule has 1 aromatic carbocycles. The van der Waals surface area contributed by atoms with Crippen molar-refractivity contribution < 1.29 is 9.32 Å². The van der Waals surface area contributed by atoms with Crippen LogP contribution in [0.2, 0.25) is 0 Å². The molecule has 3 rings (SSSR count). The van der Waals surface area contributed by atoms with Crippen LogP contribution in [0.25, 0.3) is 11.6 Å². The van der Waals surface area contributed by atoms with Gasteiger partial charge in [0, 0.05) is 6.42 Å². The van der Waals surface area contributed by atoms with E-state index in [1.165, 1.54) is 0 Å². The number of carbonyl (C=O) groups excluding carboxylic acids is 1. The van der Waals surface area contributed by atoms with E-state index in [9.17, 15) is 4.79 Å². The van der Waals surface area contributed by atoms with E-state index < -0.39 is 5.91 Å². The molecular formula is C13H11N7O2. The third-order valence-electron chi connectivity index (χ3n) is 2.74. The van der Waals surface area contributed by atoms with E-state index in [4.69, 9.17) is 16.0 Å². The highest BCUT2D eigenvalue weighted by molar-refractivity contribution is 5.88. The van der Waals surface area contributed by atoms with E-state index in [1.807, 2.05) is 30.3 Å². The first-order chi connectivity index (χ1) is 10.6. The van der Waals surface area contributed by atoms with Gasteiger partial charge >= 0.3 is 11.8 Å². The standard InChI is InChI=1S/C13H11N7O2/c14-9(21)12-18-11(20-22-12)10-16-8(17-13(15)19-10)6-7-4-2-1-3-5-7/h1-5H,6H2,(H2,14,21)(H2,15,16,17,19). The van der Waals surface area contributed by atoms with Crippen LogP contribution < -0.4 is 11.5 Å². The van der Waals surface area contributed by atoms with E-state index in [1.54, 1.807) is 0 Å². The number of aromatic nitrogens is 5. The van der Waals surface area contributed by atoms with Crippen molar-refractivity contribution >= 4 is 11.9 Å². The third-order valence-corrected chi connectivity index (χ3v) is 2.74. The van der Waals surface area contributed by atoms with Gasteiger partial charge in [0.05, 0.1) is 0 Å². The molecule has 0 atom stereocenters. The average molecular weight is 297 g/mol. The number of primary amides is 1. The zero-order valence-corrected chi connectivity index (χ0v) is 11.3. The van der Waals surface area contributed by atoms with Gasteiger partial charge in [0.2, 0.25) is 17.6 Å². The zero-order valence-electron chi connectivity index (χ0n) is 11.3. The maximum Gasteiger partial charge on any atom is 0.316 e. The molecule has 0 fully saturated rings. The molecule has 9 heteroatoms. The van der Waals surface area contributed by atoms with Gasteiger partial charge in [0.25, 0.3) is 0 Å². The van der Waals surface area contributed by atoms with Crippen molar-refractivity contribution in [2.45, 2.75) is 6.42 Å². The van der Waals surface area contributed by atoms with Crippen LogP contribution in [0, 0.1) is 0 Å². The summed E-state index contributed by atoms with van der Waals surface area (Å²) in [4.78, 5) is 27.0. The number of nitrogen functional groups attached to an aromatic ring is 1. The second kappa shape index (κ2) is 5.56. The number of anilines is 1.